The van der Waals surface area contributed by atoms with Crippen LogP contribution in [0.4, 0.5) is 11.6 Å². The molecular formula is C25H22N6O3. The van der Waals surface area contributed by atoms with Crippen LogP contribution >= 0.6 is 0 Å². The first kappa shape index (κ1) is 20.4. The number of anilines is 2. The van der Waals surface area contributed by atoms with Crippen molar-refractivity contribution in [1.82, 2.24) is 15.0 Å². The van der Waals surface area contributed by atoms with Crippen LogP contribution in [-0.4, -0.2) is 34.0 Å². The van der Waals surface area contributed by atoms with Crippen molar-refractivity contribution < 1.29 is 13.9 Å². The van der Waals surface area contributed by atoms with E-state index in [-0.39, 0.29) is 23.8 Å². The van der Waals surface area contributed by atoms with Crippen molar-refractivity contribution >= 4 is 39.4 Å². The van der Waals surface area contributed by atoms with E-state index in [1.54, 1.807) is 19.4 Å². The SMILES string of the molecule is CNc1ncc(-c2nc3cc(O[C@H]4C[C@@H](C#N)C4)ccc3o2)c2cc(NC(=O)C3CC3)ncc12. The summed E-state index contributed by atoms with van der Waals surface area (Å²) in [5.74, 6) is 2.46. The molecule has 1 amide bonds. The number of fused-ring (bicyclic) bond motifs is 2. The van der Waals surface area contributed by atoms with Gasteiger partial charge in [-0.05, 0) is 31.0 Å². The quantitative estimate of drug-likeness (QED) is 0.436. The second-order valence-corrected chi connectivity index (χ2v) is 8.83. The molecule has 9 heteroatoms. The van der Waals surface area contributed by atoms with Gasteiger partial charge in [0.05, 0.1) is 17.6 Å². The lowest BCUT2D eigenvalue weighted by atomic mass is 9.83. The standard InChI is InChI=1S/C25H22N6O3/c1-27-23-18-11-28-22(31-24(32)14-2-3-14)9-17(18)19(12-29-23)25-30-20-8-15(4-5-21(20)34-25)33-16-6-13(7-16)10-26/h4-5,8-9,11-14,16H,2-3,6-7H2,1H3,(H,27,29)(H,28,31,32)/t13-,16+. The molecule has 2 aliphatic rings. The van der Waals surface area contributed by atoms with Gasteiger partial charge in [0.15, 0.2) is 5.58 Å². The number of carbonyl (C=O) groups excluding carboxylic acids is 1. The monoisotopic (exact) mass is 454 g/mol. The predicted molar refractivity (Wildman–Crippen MR) is 126 cm³/mol. The maximum Gasteiger partial charge on any atom is 0.229 e. The predicted octanol–water partition coefficient (Wildman–Crippen LogP) is 4.51. The Morgan fingerprint density at radius 3 is 2.79 bits per heavy atom. The first-order valence-electron chi connectivity index (χ1n) is 11.4. The van der Waals surface area contributed by atoms with Crippen molar-refractivity contribution in [3.63, 3.8) is 0 Å². The van der Waals surface area contributed by atoms with Crippen molar-refractivity contribution in [2.24, 2.45) is 11.8 Å². The van der Waals surface area contributed by atoms with Crippen LogP contribution in [0.1, 0.15) is 25.7 Å². The van der Waals surface area contributed by atoms with E-state index < -0.39 is 0 Å². The number of rotatable bonds is 6. The molecule has 0 bridgehead atoms. The molecule has 2 N–H and O–H groups in total. The zero-order chi connectivity index (χ0) is 23.2. The number of aromatic nitrogens is 3. The summed E-state index contributed by atoms with van der Waals surface area (Å²) >= 11 is 0. The van der Waals surface area contributed by atoms with Crippen LogP contribution in [-0.2, 0) is 4.79 Å². The zero-order valence-electron chi connectivity index (χ0n) is 18.5. The topological polar surface area (TPSA) is 126 Å². The molecule has 1 aromatic carbocycles. The minimum absolute atomic E-state index is 0.00163. The molecule has 0 unspecified atom stereocenters. The number of hydrogen-bond donors (Lipinski definition) is 2. The van der Waals surface area contributed by atoms with E-state index in [0.717, 1.165) is 36.5 Å². The Hall–Kier alpha value is -4.19. The molecule has 2 aliphatic carbocycles. The Labute approximate surface area is 195 Å². The van der Waals surface area contributed by atoms with E-state index in [0.29, 0.717) is 39.9 Å². The summed E-state index contributed by atoms with van der Waals surface area (Å²) < 4.78 is 12.0. The highest BCUT2D eigenvalue weighted by atomic mass is 16.5. The number of nitriles is 1. The molecule has 2 fully saturated rings. The summed E-state index contributed by atoms with van der Waals surface area (Å²) in [5.41, 5.74) is 2.01. The maximum absolute atomic E-state index is 12.2. The average molecular weight is 454 g/mol. The Bertz CT molecular complexity index is 1460. The van der Waals surface area contributed by atoms with Crippen LogP contribution in [0.3, 0.4) is 0 Å². The molecule has 0 aliphatic heterocycles. The zero-order valence-corrected chi connectivity index (χ0v) is 18.5. The Kier molecular flexibility index (Phi) is 4.80. The van der Waals surface area contributed by atoms with Crippen LogP contribution in [0.2, 0.25) is 0 Å². The first-order valence-corrected chi connectivity index (χ1v) is 11.4. The molecule has 0 spiro atoms. The minimum atomic E-state index is -0.00163. The van der Waals surface area contributed by atoms with Gasteiger partial charge in [-0.1, -0.05) is 0 Å². The highest BCUT2D eigenvalue weighted by molar-refractivity contribution is 6.03. The lowest BCUT2D eigenvalue weighted by molar-refractivity contribution is -0.117. The molecule has 6 rings (SSSR count). The van der Waals surface area contributed by atoms with E-state index in [4.69, 9.17) is 19.4 Å². The van der Waals surface area contributed by atoms with Crippen LogP contribution in [0.5, 0.6) is 5.75 Å². The smallest absolute Gasteiger partial charge is 0.229 e. The number of ether oxygens (including phenoxy) is 1. The third-order valence-corrected chi connectivity index (χ3v) is 6.38. The van der Waals surface area contributed by atoms with Gasteiger partial charge < -0.3 is 19.8 Å². The van der Waals surface area contributed by atoms with Gasteiger partial charge in [-0.2, -0.15) is 5.26 Å². The maximum atomic E-state index is 12.2. The fourth-order valence-corrected chi connectivity index (χ4v) is 4.20. The summed E-state index contributed by atoms with van der Waals surface area (Å²) in [6, 6.07) is 9.64. The van der Waals surface area contributed by atoms with E-state index >= 15 is 0 Å². The summed E-state index contributed by atoms with van der Waals surface area (Å²) in [5, 5.41) is 16.6. The van der Waals surface area contributed by atoms with Crippen molar-refractivity contribution in [2.75, 3.05) is 17.7 Å². The molecular weight excluding hydrogens is 432 g/mol. The normalized spacial score (nSPS) is 19.4. The third kappa shape index (κ3) is 3.67. The Morgan fingerprint density at radius 1 is 1.18 bits per heavy atom. The van der Waals surface area contributed by atoms with Gasteiger partial charge in [0.2, 0.25) is 11.8 Å². The van der Waals surface area contributed by atoms with E-state index in [2.05, 4.69) is 26.7 Å². The molecule has 34 heavy (non-hydrogen) atoms. The molecule has 4 aromatic rings. The fraction of sp³-hybridized carbons (Fsp3) is 0.320. The largest absolute Gasteiger partial charge is 0.490 e. The van der Waals surface area contributed by atoms with E-state index in [1.807, 2.05) is 24.3 Å². The van der Waals surface area contributed by atoms with Gasteiger partial charge in [0.1, 0.15) is 29.0 Å². The number of nitrogens with zero attached hydrogens (tertiary/aromatic N) is 4. The summed E-state index contributed by atoms with van der Waals surface area (Å²) in [7, 11) is 1.80. The Morgan fingerprint density at radius 2 is 2.03 bits per heavy atom. The summed E-state index contributed by atoms with van der Waals surface area (Å²) in [6.45, 7) is 0. The Balaban J connectivity index is 1.35. The molecule has 3 heterocycles. The first-order chi connectivity index (χ1) is 16.6. The van der Waals surface area contributed by atoms with Gasteiger partial charge in [0, 0.05) is 55.0 Å². The second-order valence-electron chi connectivity index (χ2n) is 8.83. The van der Waals surface area contributed by atoms with Crippen molar-refractivity contribution in [2.45, 2.75) is 31.8 Å². The molecule has 170 valence electrons. The molecule has 3 aromatic heterocycles. The van der Waals surface area contributed by atoms with E-state index in [1.165, 1.54) is 0 Å². The molecule has 0 atom stereocenters. The van der Waals surface area contributed by atoms with Gasteiger partial charge >= 0.3 is 0 Å². The summed E-state index contributed by atoms with van der Waals surface area (Å²) in [4.78, 5) is 25.8. The number of amides is 1. The molecule has 2 saturated carbocycles. The van der Waals surface area contributed by atoms with Gasteiger partial charge in [-0.25, -0.2) is 15.0 Å². The number of hydrogen-bond acceptors (Lipinski definition) is 8. The summed E-state index contributed by atoms with van der Waals surface area (Å²) in [6.07, 6.45) is 6.82. The lowest BCUT2D eigenvalue weighted by Crippen LogP contribution is -2.32. The van der Waals surface area contributed by atoms with E-state index in [9.17, 15) is 4.79 Å². The van der Waals surface area contributed by atoms with Gasteiger partial charge in [-0.15, -0.1) is 0 Å². The third-order valence-electron chi connectivity index (χ3n) is 6.38. The van der Waals surface area contributed by atoms with Crippen molar-refractivity contribution in [1.29, 1.82) is 5.26 Å². The van der Waals surface area contributed by atoms with Crippen molar-refractivity contribution in [3.8, 4) is 23.3 Å². The molecule has 9 nitrogen and oxygen atoms in total. The van der Waals surface area contributed by atoms with Gasteiger partial charge in [-0.3, -0.25) is 4.79 Å². The van der Waals surface area contributed by atoms with Crippen LogP contribution < -0.4 is 15.4 Å². The number of benzene rings is 1. The minimum Gasteiger partial charge on any atom is -0.490 e. The van der Waals surface area contributed by atoms with Crippen LogP contribution in [0, 0.1) is 23.2 Å². The highest BCUT2D eigenvalue weighted by Crippen LogP contribution is 2.36. The molecule has 0 radical (unpaired) electrons. The second kappa shape index (κ2) is 7.99. The van der Waals surface area contributed by atoms with Crippen LogP contribution in [0.25, 0.3) is 33.3 Å². The van der Waals surface area contributed by atoms with Crippen molar-refractivity contribution in [3.05, 3.63) is 36.7 Å². The van der Waals surface area contributed by atoms with Gasteiger partial charge in [0.25, 0.3) is 0 Å². The lowest BCUT2D eigenvalue weighted by Gasteiger charge is -2.30. The highest BCUT2D eigenvalue weighted by Gasteiger charge is 2.31. The number of carbonyl (C=O) groups is 1. The average Bonchev–Trinajstić information content (AvgIpc) is 3.59. The molecule has 0 saturated heterocycles. The number of oxazole rings is 1. The number of nitrogens with one attached hydrogen (secondary N) is 2. The fourth-order valence-electron chi connectivity index (χ4n) is 4.20. The number of pyridine rings is 2. The van der Waals surface area contributed by atoms with Crippen LogP contribution in [0.15, 0.2) is 41.1 Å².